The minimum atomic E-state index is -0.299. The summed E-state index contributed by atoms with van der Waals surface area (Å²) in [7, 11) is 0. The van der Waals surface area contributed by atoms with Crippen molar-refractivity contribution in [2.75, 3.05) is 6.54 Å². The average molecular weight is 348 g/mol. The second-order valence-electron chi connectivity index (χ2n) is 6.85. The van der Waals surface area contributed by atoms with E-state index in [0.29, 0.717) is 17.4 Å². The van der Waals surface area contributed by atoms with Gasteiger partial charge in [-0.2, -0.15) is 0 Å². The molecule has 1 N–H and O–H groups in total. The molecule has 0 atom stereocenters. The maximum Gasteiger partial charge on any atom is 0.278 e. The first-order valence-corrected chi connectivity index (χ1v) is 8.83. The van der Waals surface area contributed by atoms with Crippen LogP contribution in [0.15, 0.2) is 59.4 Å². The molecule has 0 unspecified atom stereocenters. The van der Waals surface area contributed by atoms with Crippen LogP contribution in [0.4, 0.5) is 0 Å². The highest BCUT2D eigenvalue weighted by molar-refractivity contribution is 5.78. The Morgan fingerprint density at radius 2 is 1.81 bits per heavy atom. The van der Waals surface area contributed by atoms with Crippen LogP contribution in [0.25, 0.3) is 10.9 Å². The third-order valence-electron chi connectivity index (χ3n) is 5.24. The molecular weight excluding hydrogens is 328 g/mol. The highest BCUT2D eigenvalue weighted by atomic mass is 16.2. The fourth-order valence-corrected chi connectivity index (χ4v) is 3.55. The largest absolute Gasteiger partial charge is 0.354 e. The van der Waals surface area contributed by atoms with Crippen molar-refractivity contribution in [3.8, 4) is 0 Å². The fourth-order valence-electron chi connectivity index (χ4n) is 3.55. The van der Waals surface area contributed by atoms with Gasteiger partial charge in [0.05, 0.1) is 5.39 Å². The molecule has 1 fully saturated rings. The van der Waals surface area contributed by atoms with Crippen molar-refractivity contribution < 1.29 is 4.79 Å². The topological polar surface area (TPSA) is 76.9 Å². The Balaban J connectivity index is 1.46. The Bertz CT molecular complexity index is 993. The average Bonchev–Trinajstić information content (AvgIpc) is 2.64. The minimum Gasteiger partial charge on any atom is -0.354 e. The lowest BCUT2D eigenvalue weighted by Gasteiger charge is -2.42. The van der Waals surface area contributed by atoms with Gasteiger partial charge in [0.15, 0.2) is 0 Å². The molecule has 1 heterocycles. The number of hydrogen-bond donors (Lipinski definition) is 1. The van der Waals surface area contributed by atoms with Crippen molar-refractivity contribution in [3.63, 3.8) is 0 Å². The van der Waals surface area contributed by atoms with Gasteiger partial charge in [-0.15, -0.1) is 5.10 Å². The molecule has 0 bridgehead atoms. The molecule has 1 saturated carbocycles. The number of rotatable bonds is 5. The molecule has 1 aliphatic rings. The van der Waals surface area contributed by atoms with Crippen molar-refractivity contribution in [2.24, 2.45) is 0 Å². The van der Waals surface area contributed by atoms with E-state index in [2.05, 4.69) is 27.8 Å². The van der Waals surface area contributed by atoms with Gasteiger partial charge in [-0.05, 0) is 30.5 Å². The van der Waals surface area contributed by atoms with E-state index < -0.39 is 0 Å². The summed E-state index contributed by atoms with van der Waals surface area (Å²) in [6, 6.07) is 17.3. The molecular formula is C20H20N4O2. The summed E-state index contributed by atoms with van der Waals surface area (Å²) in [6.45, 7) is 0.452. The van der Waals surface area contributed by atoms with Gasteiger partial charge >= 0.3 is 0 Å². The van der Waals surface area contributed by atoms with E-state index in [-0.39, 0.29) is 23.4 Å². The predicted molar refractivity (Wildman–Crippen MR) is 98.8 cm³/mol. The van der Waals surface area contributed by atoms with Gasteiger partial charge in [-0.25, -0.2) is 4.68 Å². The Hall–Kier alpha value is -3.02. The van der Waals surface area contributed by atoms with Crippen LogP contribution < -0.4 is 10.9 Å². The third-order valence-corrected chi connectivity index (χ3v) is 5.24. The molecule has 1 amide bonds. The number of fused-ring (bicyclic) bond motifs is 1. The maximum absolute atomic E-state index is 12.4. The Kier molecular flexibility index (Phi) is 4.24. The van der Waals surface area contributed by atoms with E-state index >= 15 is 0 Å². The molecule has 1 aromatic heterocycles. The van der Waals surface area contributed by atoms with Gasteiger partial charge in [0.2, 0.25) is 5.91 Å². The molecule has 0 spiro atoms. The summed E-state index contributed by atoms with van der Waals surface area (Å²) in [5.74, 6) is -0.223. The number of carbonyl (C=O) groups excluding carboxylic acids is 1. The quantitative estimate of drug-likeness (QED) is 0.765. The number of carbonyl (C=O) groups is 1. The third kappa shape index (κ3) is 2.98. The molecule has 0 saturated heterocycles. The summed E-state index contributed by atoms with van der Waals surface area (Å²) < 4.78 is 1.12. The van der Waals surface area contributed by atoms with E-state index in [1.165, 1.54) is 12.0 Å². The Morgan fingerprint density at radius 3 is 2.54 bits per heavy atom. The second-order valence-corrected chi connectivity index (χ2v) is 6.85. The van der Waals surface area contributed by atoms with Crippen molar-refractivity contribution in [2.45, 2.75) is 31.2 Å². The standard InChI is InChI=1S/C20H20N4O2/c25-18(13-24-19(26)16-9-4-5-10-17(16)22-23-24)21-14-20(11-6-12-20)15-7-2-1-3-8-15/h1-5,7-10H,6,11-14H2,(H,21,25). The van der Waals surface area contributed by atoms with Gasteiger partial charge in [0.25, 0.3) is 5.56 Å². The highest BCUT2D eigenvalue weighted by Gasteiger charge is 2.38. The zero-order valence-corrected chi connectivity index (χ0v) is 14.4. The number of nitrogens with zero attached hydrogens (tertiary/aromatic N) is 3. The minimum absolute atomic E-state index is 0.0109. The van der Waals surface area contributed by atoms with Crippen LogP contribution in [0, 0.1) is 0 Å². The van der Waals surface area contributed by atoms with Crippen molar-refractivity contribution in [1.82, 2.24) is 20.3 Å². The van der Waals surface area contributed by atoms with Crippen molar-refractivity contribution in [3.05, 3.63) is 70.5 Å². The second kappa shape index (κ2) is 6.71. The number of hydrogen-bond acceptors (Lipinski definition) is 4. The van der Waals surface area contributed by atoms with Crippen LogP contribution in [0.3, 0.4) is 0 Å². The first kappa shape index (κ1) is 16.4. The lowest BCUT2D eigenvalue weighted by atomic mass is 9.64. The number of benzene rings is 2. The molecule has 6 nitrogen and oxygen atoms in total. The van der Waals surface area contributed by atoms with E-state index in [9.17, 15) is 9.59 Å². The highest BCUT2D eigenvalue weighted by Crippen LogP contribution is 2.43. The maximum atomic E-state index is 12.4. The van der Waals surface area contributed by atoms with E-state index in [0.717, 1.165) is 17.5 Å². The lowest BCUT2D eigenvalue weighted by Crippen LogP contribution is -2.46. The molecule has 4 rings (SSSR count). The van der Waals surface area contributed by atoms with Crippen LogP contribution in [0.5, 0.6) is 0 Å². The fraction of sp³-hybridized carbons (Fsp3) is 0.300. The summed E-state index contributed by atoms with van der Waals surface area (Å²) in [5, 5.41) is 11.3. The Morgan fingerprint density at radius 1 is 1.08 bits per heavy atom. The van der Waals surface area contributed by atoms with E-state index in [4.69, 9.17) is 0 Å². The number of nitrogens with one attached hydrogen (secondary N) is 1. The summed E-state index contributed by atoms with van der Waals surface area (Å²) >= 11 is 0. The van der Waals surface area contributed by atoms with E-state index in [1.807, 2.05) is 18.2 Å². The monoisotopic (exact) mass is 348 g/mol. The van der Waals surface area contributed by atoms with Gasteiger partial charge in [-0.1, -0.05) is 54.1 Å². The van der Waals surface area contributed by atoms with Crippen molar-refractivity contribution >= 4 is 16.8 Å². The van der Waals surface area contributed by atoms with E-state index in [1.54, 1.807) is 24.3 Å². The first-order valence-electron chi connectivity index (χ1n) is 8.83. The van der Waals surface area contributed by atoms with Crippen molar-refractivity contribution in [1.29, 1.82) is 0 Å². The smallest absolute Gasteiger partial charge is 0.278 e. The first-order chi connectivity index (χ1) is 12.7. The molecule has 26 heavy (non-hydrogen) atoms. The lowest BCUT2D eigenvalue weighted by molar-refractivity contribution is -0.122. The summed E-state index contributed by atoms with van der Waals surface area (Å²) in [6.07, 6.45) is 3.29. The normalized spacial score (nSPS) is 15.4. The van der Waals surface area contributed by atoms with Gasteiger partial charge in [0.1, 0.15) is 12.1 Å². The van der Waals surface area contributed by atoms with Crippen LogP contribution >= 0.6 is 0 Å². The summed E-state index contributed by atoms with van der Waals surface area (Å²) in [5.41, 5.74) is 1.50. The summed E-state index contributed by atoms with van der Waals surface area (Å²) in [4.78, 5) is 24.8. The van der Waals surface area contributed by atoms with Crippen LogP contribution in [-0.2, 0) is 16.8 Å². The molecule has 1 aliphatic carbocycles. The zero-order chi connectivity index (χ0) is 18.0. The van der Waals surface area contributed by atoms with Gasteiger partial charge in [-0.3, -0.25) is 9.59 Å². The SMILES string of the molecule is O=C(Cn1nnc2ccccc2c1=O)NCC1(c2ccccc2)CCC1. The molecule has 2 aromatic carbocycles. The molecule has 0 radical (unpaired) electrons. The predicted octanol–water partition coefficient (Wildman–Crippen LogP) is 2.03. The van der Waals surface area contributed by atoms with Gasteiger partial charge < -0.3 is 5.32 Å². The molecule has 132 valence electrons. The van der Waals surface area contributed by atoms with Crippen LogP contribution in [0.2, 0.25) is 0 Å². The van der Waals surface area contributed by atoms with Crippen LogP contribution in [0.1, 0.15) is 24.8 Å². The Labute approximate surface area is 150 Å². The number of aromatic nitrogens is 3. The molecule has 6 heteroatoms. The molecule has 0 aliphatic heterocycles. The zero-order valence-electron chi connectivity index (χ0n) is 14.4. The van der Waals surface area contributed by atoms with Gasteiger partial charge in [0, 0.05) is 12.0 Å². The van der Waals surface area contributed by atoms with Crippen LogP contribution in [-0.4, -0.2) is 27.4 Å². The number of amides is 1. The molecule has 3 aromatic rings.